The summed E-state index contributed by atoms with van der Waals surface area (Å²) in [6.45, 7) is 7.54. The summed E-state index contributed by atoms with van der Waals surface area (Å²) >= 11 is 0. The lowest BCUT2D eigenvalue weighted by Gasteiger charge is -2.32. The molecule has 16 heavy (non-hydrogen) atoms. The van der Waals surface area contributed by atoms with Gasteiger partial charge in [-0.25, -0.2) is 0 Å². The molecule has 1 unspecified atom stereocenters. The molecule has 1 atom stereocenters. The van der Waals surface area contributed by atoms with Crippen molar-refractivity contribution in [3.8, 4) is 0 Å². The van der Waals surface area contributed by atoms with Crippen LogP contribution in [-0.4, -0.2) is 50.2 Å². The fourth-order valence-corrected chi connectivity index (χ4v) is 1.86. The first-order valence-electron chi connectivity index (χ1n) is 6.18. The zero-order valence-electron chi connectivity index (χ0n) is 10.7. The van der Waals surface area contributed by atoms with Gasteiger partial charge >= 0.3 is 0 Å². The van der Waals surface area contributed by atoms with Crippen molar-refractivity contribution in [2.75, 3.05) is 33.4 Å². The number of hydrogen-bond acceptors (Lipinski definition) is 3. The number of nitrogens with zero attached hydrogens (tertiary/aromatic N) is 1. The lowest BCUT2D eigenvalue weighted by molar-refractivity contribution is -0.135. The van der Waals surface area contributed by atoms with Crippen LogP contribution >= 0.6 is 0 Å². The average molecular weight is 228 g/mol. The van der Waals surface area contributed by atoms with Crippen molar-refractivity contribution >= 4 is 5.91 Å². The van der Waals surface area contributed by atoms with Crippen molar-refractivity contribution in [3.05, 3.63) is 0 Å². The minimum atomic E-state index is 0.276. The third-order valence-corrected chi connectivity index (χ3v) is 3.31. The summed E-state index contributed by atoms with van der Waals surface area (Å²) in [4.78, 5) is 14.1. The average Bonchev–Trinajstić information content (AvgIpc) is 2.23. The SMILES string of the molecule is CCC(C)N(CCOC)C(=O)CC1CNC1. The first kappa shape index (κ1) is 13.5. The van der Waals surface area contributed by atoms with Crippen LogP contribution in [0.3, 0.4) is 0 Å². The van der Waals surface area contributed by atoms with E-state index in [4.69, 9.17) is 4.74 Å². The molecule has 0 aromatic rings. The molecule has 0 radical (unpaired) electrons. The summed E-state index contributed by atoms with van der Waals surface area (Å²) in [5.41, 5.74) is 0. The van der Waals surface area contributed by atoms with E-state index in [9.17, 15) is 4.79 Å². The first-order valence-corrected chi connectivity index (χ1v) is 6.18. The van der Waals surface area contributed by atoms with E-state index in [-0.39, 0.29) is 5.91 Å². The van der Waals surface area contributed by atoms with Crippen molar-refractivity contribution in [3.63, 3.8) is 0 Å². The normalized spacial score (nSPS) is 17.9. The molecule has 1 rings (SSSR count). The molecule has 1 heterocycles. The number of nitrogens with one attached hydrogen (secondary N) is 1. The number of ether oxygens (including phenoxy) is 1. The van der Waals surface area contributed by atoms with Crippen LogP contribution < -0.4 is 5.32 Å². The van der Waals surface area contributed by atoms with Crippen molar-refractivity contribution < 1.29 is 9.53 Å². The second-order valence-electron chi connectivity index (χ2n) is 4.57. The predicted octanol–water partition coefficient (Wildman–Crippen LogP) is 0.869. The van der Waals surface area contributed by atoms with Crippen molar-refractivity contribution in [2.24, 2.45) is 5.92 Å². The van der Waals surface area contributed by atoms with Crippen LogP contribution in [0.4, 0.5) is 0 Å². The molecule has 1 N–H and O–H groups in total. The van der Waals surface area contributed by atoms with Gasteiger partial charge in [0, 0.05) is 26.1 Å². The van der Waals surface area contributed by atoms with Crippen molar-refractivity contribution in [1.82, 2.24) is 10.2 Å². The Bertz CT molecular complexity index is 217. The Morgan fingerprint density at radius 1 is 1.56 bits per heavy atom. The molecule has 4 heteroatoms. The summed E-state index contributed by atoms with van der Waals surface area (Å²) in [6, 6.07) is 0.315. The zero-order valence-corrected chi connectivity index (χ0v) is 10.7. The van der Waals surface area contributed by atoms with Crippen LogP contribution in [0.5, 0.6) is 0 Å². The van der Waals surface area contributed by atoms with Gasteiger partial charge in [-0.1, -0.05) is 6.92 Å². The van der Waals surface area contributed by atoms with Gasteiger partial charge < -0.3 is 15.0 Å². The van der Waals surface area contributed by atoms with E-state index >= 15 is 0 Å². The lowest BCUT2D eigenvalue weighted by atomic mass is 9.98. The van der Waals surface area contributed by atoms with Gasteiger partial charge in [-0.3, -0.25) is 4.79 Å². The minimum Gasteiger partial charge on any atom is -0.383 e. The highest BCUT2D eigenvalue weighted by Gasteiger charge is 2.25. The lowest BCUT2D eigenvalue weighted by Crippen LogP contribution is -2.47. The summed E-state index contributed by atoms with van der Waals surface area (Å²) in [6.07, 6.45) is 1.68. The number of rotatable bonds is 7. The molecule has 1 saturated heterocycles. The van der Waals surface area contributed by atoms with Gasteiger partial charge in [-0.05, 0) is 32.4 Å². The topological polar surface area (TPSA) is 41.6 Å². The number of amides is 1. The fraction of sp³-hybridized carbons (Fsp3) is 0.917. The Labute approximate surface area is 98.3 Å². The molecular formula is C12H24N2O2. The Morgan fingerprint density at radius 3 is 2.69 bits per heavy atom. The number of carbonyl (C=O) groups is 1. The van der Waals surface area contributed by atoms with Gasteiger partial charge in [0.05, 0.1) is 6.61 Å². The van der Waals surface area contributed by atoms with E-state index in [1.54, 1.807) is 7.11 Å². The second kappa shape index (κ2) is 6.86. The van der Waals surface area contributed by atoms with Gasteiger partial charge in [-0.15, -0.1) is 0 Å². The molecule has 0 aliphatic carbocycles. The van der Waals surface area contributed by atoms with Gasteiger partial charge in [-0.2, -0.15) is 0 Å². The van der Waals surface area contributed by atoms with E-state index in [0.717, 1.165) is 19.5 Å². The largest absolute Gasteiger partial charge is 0.383 e. The van der Waals surface area contributed by atoms with E-state index in [2.05, 4.69) is 19.2 Å². The molecule has 0 saturated carbocycles. The van der Waals surface area contributed by atoms with Gasteiger partial charge in [0.1, 0.15) is 0 Å². The van der Waals surface area contributed by atoms with Gasteiger partial charge in [0.25, 0.3) is 0 Å². The summed E-state index contributed by atoms with van der Waals surface area (Å²) in [5.74, 6) is 0.819. The fourth-order valence-electron chi connectivity index (χ4n) is 1.86. The standard InChI is InChI=1S/C12H24N2O2/c1-4-10(2)14(5-6-16-3)12(15)7-11-8-13-9-11/h10-11,13H,4-9H2,1-3H3. The van der Waals surface area contributed by atoms with Gasteiger partial charge in [0.15, 0.2) is 0 Å². The van der Waals surface area contributed by atoms with Crippen LogP contribution in [0.25, 0.3) is 0 Å². The molecular weight excluding hydrogens is 204 g/mol. The highest BCUT2D eigenvalue weighted by Crippen LogP contribution is 2.13. The van der Waals surface area contributed by atoms with Crippen LogP contribution in [0.15, 0.2) is 0 Å². The quantitative estimate of drug-likeness (QED) is 0.703. The first-order chi connectivity index (χ1) is 7.69. The molecule has 1 aliphatic heterocycles. The predicted molar refractivity (Wildman–Crippen MR) is 64.3 cm³/mol. The summed E-state index contributed by atoms with van der Waals surface area (Å²) in [5, 5.41) is 3.20. The third kappa shape index (κ3) is 3.76. The molecule has 1 aliphatic rings. The second-order valence-corrected chi connectivity index (χ2v) is 4.57. The number of hydrogen-bond donors (Lipinski definition) is 1. The highest BCUT2D eigenvalue weighted by atomic mass is 16.5. The minimum absolute atomic E-state index is 0.276. The zero-order chi connectivity index (χ0) is 12.0. The van der Waals surface area contributed by atoms with Crippen LogP contribution in [0.2, 0.25) is 0 Å². The van der Waals surface area contributed by atoms with Crippen LogP contribution in [0, 0.1) is 5.92 Å². The van der Waals surface area contributed by atoms with Crippen molar-refractivity contribution in [1.29, 1.82) is 0 Å². The van der Waals surface area contributed by atoms with E-state index in [1.165, 1.54) is 0 Å². The van der Waals surface area contributed by atoms with Crippen LogP contribution in [0.1, 0.15) is 26.7 Å². The third-order valence-electron chi connectivity index (χ3n) is 3.31. The van der Waals surface area contributed by atoms with E-state index in [0.29, 0.717) is 31.5 Å². The maximum absolute atomic E-state index is 12.1. The monoisotopic (exact) mass is 228 g/mol. The smallest absolute Gasteiger partial charge is 0.223 e. The Morgan fingerprint density at radius 2 is 2.25 bits per heavy atom. The Hall–Kier alpha value is -0.610. The Balaban J connectivity index is 2.41. The highest BCUT2D eigenvalue weighted by molar-refractivity contribution is 5.77. The number of carbonyl (C=O) groups excluding carboxylic acids is 1. The molecule has 94 valence electrons. The molecule has 0 aromatic carbocycles. The molecule has 0 spiro atoms. The summed E-state index contributed by atoms with van der Waals surface area (Å²) in [7, 11) is 1.68. The molecule has 1 amide bonds. The molecule has 4 nitrogen and oxygen atoms in total. The molecule has 0 aromatic heterocycles. The summed E-state index contributed by atoms with van der Waals surface area (Å²) < 4.78 is 5.06. The van der Waals surface area contributed by atoms with E-state index < -0.39 is 0 Å². The van der Waals surface area contributed by atoms with Gasteiger partial charge in [0.2, 0.25) is 5.91 Å². The maximum Gasteiger partial charge on any atom is 0.223 e. The maximum atomic E-state index is 12.1. The Kier molecular flexibility index (Phi) is 5.77. The van der Waals surface area contributed by atoms with E-state index in [1.807, 2.05) is 4.90 Å². The van der Waals surface area contributed by atoms with Crippen molar-refractivity contribution in [2.45, 2.75) is 32.7 Å². The number of methoxy groups -OCH3 is 1. The molecule has 0 bridgehead atoms. The van der Waals surface area contributed by atoms with Crippen LogP contribution in [-0.2, 0) is 9.53 Å². The molecule has 1 fully saturated rings.